The van der Waals surface area contributed by atoms with Crippen molar-refractivity contribution in [2.75, 3.05) is 25.5 Å². The van der Waals surface area contributed by atoms with Gasteiger partial charge in [-0.2, -0.15) is 23.4 Å². The molecule has 3 N–H and O–H groups in total. The monoisotopic (exact) mass is 575 g/mol. The minimum Gasteiger partial charge on any atom is -0.444 e. The molecule has 0 aliphatic carbocycles. The summed E-state index contributed by atoms with van der Waals surface area (Å²) in [5.41, 5.74) is 5.99. The van der Waals surface area contributed by atoms with Gasteiger partial charge in [-0.3, -0.25) is 9.48 Å². The summed E-state index contributed by atoms with van der Waals surface area (Å²) >= 11 is 0. The van der Waals surface area contributed by atoms with Crippen LogP contribution in [0.15, 0.2) is 36.7 Å². The van der Waals surface area contributed by atoms with Gasteiger partial charge < -0.3 is 20.7 Å². The second kappa shape index (κ2) is 11.8. The quantitative estimate of drug-likeness (QED) is 0.411. The maximum atomic E-state index is 13.1. The van der Waals surface area contributed by atoms with Gasteiger partial charge >= 0.3 is 12.3 Å². The number of halogens is 3. The molecule has 2 aromatic heterocycles. The largest absolute Gasteiger partial charge is 0.444 e. The zero-order valence-corrected chi connectivity index (χ0v) is 23.7. The Kier molecular flexibility index (Phi) is 8.64. The number of anilines is 1. The fraction of sp³-hybridized carbons (Fsp3) is 0.500. The van der Waals surface area contributed by atoms with E-state index >= 15 is 0 Å². The number of alkyl halides is 3. The van der Waals surface area contributed by atoms with E-state index in [1.165, 1.54) is 16.9 Å². The first-order valence-corrected chi connectivity index (χ1v) is 13.5. The Morgan fingerprint density at radius 2 is 1.83 bits per heavy atom. The molecule has 0 atom stereocenters. The van der Waals surface area contributed by atoms with E-state index in [0.29, 0.717) is 61.4 Å². The normalized spacial score (nSPS) is 15.3. The highest BCUT2D eigenvalue weighted by Crippen LogP contribution is 2.34. The Morgan fingerprint density at radius 1 is 1.15 bits per heavy atom. The van der Waals surface area contributed by atoms with Gasteiger partial charge in [-0.15, -0.1) is 0 Å². The van der Waals surface area contributed by atoms with Crippen molar-refractivity contribution in [3.8, 4) is 11.3 Å². The summed E-state index contributed by atoms with van der Waals surface area (Å²) in [6.07, 6.45) is 1.23. The van der Waals surface area contributed by atoms with Crippen molar-refractivity contribution in [2.45, 2.75) is 70.8 Å². The van der Waals surface area contributed by atoms with E-state index in [2.05, 4.69) is 10.4 Å². The molecule has 13 heteroatoms. The van der Waals surface area contributed by atoms with Crippen LogP contribution in [0.4, 0.5) is 23.8 Å². The van der Waals surface area contributed by atoms with Gasteiger partial charge in [0.15, 0.2) is 0 Å². The van der Waals surface area contributed by atoms with Crippen LogP contribution in [0.5, 0.6) is 0 Å². The summed E-state index contributed by atoms with van der Waals surface area (Å²) in [5.74, 6) is -0.184. The molecule has 1 aliphatic heterocycles. The molecular weight excluding hydrogens is 539 g/mol. The van der Waals surface area contributed by atoms with Crippen LogP contribution in [0.3, 0.4) is 0 Å². The summed E-state index contributed by atoms with van der Waals surface area (Å²) in [6, 6.07) is 5.01. The fourth-order valence-corrected chi connectivity index (χ4v) is 5.02. The zero-order chi connectivity index (χ0) is 29.9. The maximum Gasteiger partial charge on any atom is 0.416 e. The van der Waals surface area contributed by atoms with Gasteiger partial charge in [0.2, 0.25) is 0 Å². The number of likely N-dealkylation sites (tertiary alicyclic amines) is 1. The predicted octanol–water partition coefficient (Wildman–Crippen LogP) is 5.31. The van der Waals surface area contributed by atoms with Gasteiger partial charge in [-0.25, -0.2) is 9.48 Å². The van der Waals surface area contributed by atoms with Crippen LogP contribution in [0.1, 0.15) is 74.0 Å². The molecule has 222 valence electrons. The van der Waals surface area contributed by atoms with Crippen molar-refractivity contribution >= 4 is 17.8 Å². The van der Waals surface area contributed by atoms with E-state index in [9.17, 15) is 22.8 Å². The lowest BCUT2D eigenvalue weighted by Gasteiger charge is -2.30. The van der Waals surface area contributed by atoms with E-state index in [4.69, 9.17) is 15.6 Å². The van der Waals surface area contributed by atoms with E-state index in [1.54, 1.807) is 28.9 Å². The number of hydrogen-bond donors (Lipinski definition) is 2. The molecule has 0 unspecified atom stereocenters. The average molecular weight is 576 g/mol. The van der Waals surface area contributed by atoms with Crippen LogP contribution in [0.2, 0.25) is 0 Å². The molecule has 3 heterocycles. The first-order valence-electron chi connectivity index (χ1n) is 13.5. The molecule has 3 aromatic rings. The molecule has 2 amide bonds. The second-order valence-electron chi connectivity index (χ2n) is 11.2. The summed E-state index contributed by atoms with van der Waals surface area (Å²) in [7, 11) is 1.69. The number of benzene rings is 1. The molecule has 10 nitrogen and oxygen atoms in total. The predicted molar refractivity (Wildman–Crippen MR) is 147 cm³/mol. The number of amides is 2. The summed E-state index contributed by atoms with van der Waals surface area (Å²) < 4.78 is 48.2. The molecule has 4 rings (SSSR count). The number of ether oxygens (including phenoxy) is 1. The molecule has 1 saturated heterocycles. The number of carbonyl (C=O) groups is 2. The Hall–Kier alpha value is -4.03. The number of primary amides is 1. The molecule has 0 radical (unpaired) electrons. The zero-order valence-electron chi connectivity index (χ0n) is 23.7. The van der Waals surface area contributed by atoms with Crippen molar-refractivity contribution in [1.82, 2.24) is 24.5 Å². The van der Waals surface area contributed by atoms with Gasteiger partial charge in [-0.1, -0.05) is 12.1 Å². The molecular formula is C28H36F3N7O3. The number of nitrogens with one attached hydrogen (secondary N) is 1. The Morgan fingerprint density at radius 3 is 2.41 bits per heavy atom. The topological polar surface area (TPSA) is 120 Å². The van der Waals surface area contributed by atoms with Crippen LogP contribution in [0.25, 0.3) is 11.3 Å². The smallest absolute Gasteiger partial charge is 0.416 e. The van der Waals surface area contributed by atoms with Gasteiger partial charge in [0.05, 0.1) is 24.3 Å². The van der Waals surface area contributed by atoms with Crippen LogP contribution >= 0.6 is 0 Å². The first-order chi connectivity index (χ1) is 19.3. The molecule has 0 bridgehead atoms. The van der Waals surface area contributed by atoms with Crippen molar-refractivity contribution in [1.29, 1.82) is 0 Å². The number of nitrogens with zero attached hydrogens (tertiary/aromatic N) is 5. The van der Waals surface area contributed by atoms with Crippen LogP contribution in [-0.2, 0) is 17.5 Å². The van der Waals surface area contributed by atoms with Crippen LogP contribution < -0.4 is 11.1 Å². The van der Waals surface area contributed by atoms with Gasteiger partial charge in [0, 0.05) is 31.9 Å². The number of nitrogens with two attached hydrogens (primary N) is 1. The van der Waals surface area contributed by atoms with E-state index in [0.717, 1.165) is 12.1 Å². The second-order valence-corrected chi connectivity index (χ2v) is 11.2. The van der Waals surface area contributed by atoms with Crippen molar-refractivity contribution in [3.63, 3.8) is 0 Å². The molecule has 41 heavy (non-hydrogen) atoms. The SMILES string of the molecule is CNc1c(C(N)=O)c(-c2cnn(Cc3cccc(C(F)(F)F)c3)c2)nn1C1CCCN(C(=O)OC(C)(C)C)CCC1. The van der Waals surface area contributed by atoms with Gasteiger partial charge in [-0.05, 0) is 64.2 Å². The highest BCUT2D eigenvalue weighted by molar-refractivity contribution is 6.03. The molecule has 1 aromatic carbocycles. The Balaban J connectivity index is 1.56. The molecule has 1 fully saturated rings. The minimum absolute atomic E-state index is 0.0507. The van der Waals surface area contributed by atoms with E-state index in [-0.39, 0.29) is 24.2 Å². The minimum atomic E-state index is -4.44. The van der Waals surface area contributed by atoms with Crippen LogP contribution in [-0.4, -0.2) is 62.2 Å². The fourth-order valence-electron chi connectivity index (χ4n) is 5.02. The summed E-state index contributed by atoms with van der Waals surface area (Å²) in [4.78, 5) is 26.9. The highest BCUT2D eigenvalue weighted by Gasteiger charge is 2.31. The Bertz CT molecular complexity index is 1380. The van der Waals surface area contributed by atoms with Crippen LogP contribution in [0, 0.1) is 0 Å². The Labute approximate surface area is 236 Å². The highest BCUT2D eigenvalue weighted by atomic mass is 19.4. The number of hydrogen-bond acceptors (Lipinski definition) is 6. The third kappa shape index (κ3) is 7.19. The van der Waals surface area contributed by atoms with Gasteiger partial charge in [0.25, 0.3) is 5.91 Å². The standard InChI is InChI=1S/C28H36F3N7O3/c1-27(2,3)41-26(40)36-12-6-10-21(11-7-13-36)38-25(33-4)22(24(32)39)23(35-38)19-15-34-37(17-19)16-18-8-5-9-20(14-18)28(29,30)31/h5,8-9,14-15,17,21,33H,6-7,10-13,16H2,1-4H3,(H2,32,39). The number of rotatable bonds is 6. The molecule has 1 aliphatic rings. The van der Waals surface area contributed by atoms with Gasteiger partial charge in [0.1, 0.15) is 22.7 Å². The first kappa shape index (κ1) is 29.9. The average Bonchev–Trinajstić information content (AvgIpc) is 3.47. The third-order valence-electron chi connectivity index (χ3n) is 6.83. The molecule has 0 spiro atoms. The van der Waals surface area contributed by atoms with Crippen molar-refractivity contribution < 1.29 is 27.5 Å². The van der Waals surface area contributed by atoms with Crippen molar-refractivity contribution in [2.24, 2.45) is 5.73 Å². The lowest BCUT2D eigenvalue weighted by atomic mass is 10.0. The number of carbonyl (C=O) groups excluding carboxylic acids is 2. The third-order valence-corrected chi connectivity index (χ3v) is 6.83. The van der Waals surface area contributed by atoms with E-state index < -0.39 is 23.2 Å². The summed E-state index contributed by atoms with van der Waals surface area (Å²) in [5, 5.41) is 12.2. The lowest BCUT2D eigenvalue weighted by molar-refractivity contribution is -0.137. The lowest BCUT2D eigenvalue weighted by Crippen LogP contribution is -2.39. The molecule has 0 saturated carbocycles. The number of aromatic nitrogens is 4. The van der Waals surface area contributed by atoms with Crippen molar-refractivity contribution in [3.05, 3.63) is 53.3 Å². The summed E-state index contributed by atoms with van der Waals surface area (Å²) in [6.45, 7) is 6.70. The maximum absolute atomic E-state index is 13.1. The van der Waals surface area contributed by atoms with E-state index in [1.807, 2.05) is 20.8 Å².